The summed E-state index contributed by atoms with van der Waals surface area (Å²) in [6, 6.07) is 10.2. The normalized spacial score (nSPS) is 16.8. The van der Waals surface area contributed by atoms with Gasteiger partial charge in [0.05, 0.1) is 24.5 Å². The van der Waals surface area contributed by atoms with Gasteiger partial charge >= 0.3 is 5.97 Å². The highest BCUT2D eigenvalue weighted by atomic mass is 32.2. The van der Waals surface area contributed by atoms with Gasteiger partial charge in [-0.25, -0.2) is 13.1 Å². The lowest BCUT2D eigenvalue weighted by Crippen LogP contribution is -2.33. The Kier molecular flexibility index (Phi) is 6.14. The number of methoxy groups -OCH3 is 1. The van der Waals surface area contributed by atoms with Crippen molar-refractivity contribution in [3.8, 4) is 5.75 Å². The van der Waals surface area contributed by atoms with Crippen LogP contribution in [0.5, 0.6) is 5.75 Å². The van der Waals surface area contributed by atoms with E-state index in [-0.39, 0.29) is 16.8 Å². The molecular formula is C21H24N2O6S. The fraction of sp³-hybridized carbons (Fsp3) is 0.333. The highest BCUT2D eigenvalue weighted by molar-refractivity contribution is 7.89. The van der Waals surface area contributed by atoms with Gasteiger partial charge in [0.2, 0.25) is 15.9 Å². The minimum Gasteiger partial charge on any atom is -0.497 e. The third-order valence-electron chi connectivity index (χ3n) is 5.09. The van der Waals surface area contributed by atoms with Gasteiger partial charge in [-0.3, -0.25) is 9.59 Å². The molecule has 2 unspecified atom stereocenters. The quantitative estimate of drug-likeness (QED) is 0.695. The Hall–Kier alpha value is -2.91. The summed E-state index contributed by atoms with van der Waals surface area (Å²) in [5.74, 6) is -0.738. The van der Waals surface area contributed by atoms with Gasteiger partial charge in [0.1, 0.15) is 5.75 Å². The highest BCUT2D eigenvalue weighted by Crippen LogP contribution is 2.34. The SMILES string of the molecule is COc1cccc(C(CC(=O)O)NS(=O)(=O)c2ccc3c(c2)CC(C)N3C(C)=O)c1. The van der Waals surface area contributed by atoms with E-state index in [0.717, 1.165) is 5.56 Å². The molecule has 8 nitrogen and oxygen atoms in total. The lowest BCUT2D eigenvalue weighted by atomic mass is 10.0. The third-order valence-corrected chi connectivity index (χ3v) is 6.56. The molecule has 0 saturated carbocycles. The molecule has 2 aromatic carbocycles. The van der Waals surface area contributed by atoms with Crippen LogP contribution >= 0.6 is 0 Å². The summed E-state index contributed by atoms with van der Waals surface area (Å²) in [6.07, 6.45) is 0.124. The van der Waals surface area contributed by atoms with E-state index in [1.807, 2.05) is 6.92 Å². The predicted octanol–water partition coefficient (Wildman–Crippen LogP) is 2.49. The predicted molar refractivity (Wildman–Crippen MR) is 111 cm³/mol. The molecule has 0 saturated heterocycles. The van der Waals surface area contributed by atoms with Crippen LogP contribution in [0.3, 0.4) is 0 Å². The topological polar surface area (TPSA) is 113 Å². The number of carboxylic acid groups (broad SMARTS) is 1. The first-order valence-corrected chi connectivity index (χ1v) is 10.9. The molecule has 9 heteroatoms. The number of benzene rings is 2. The van der Waals surface area contributed by atoms with Crippen molar-refractivity contribution >= 4 is 27.6 Å². The Labute approximate surface area is 175 Å². The summed E-state index contributed by atoms with van der Waals surface area (Å²) >= 11 is 0. The number of sulfonamides is 1. The van der Waals surface area contributed by atoms with Gasteiger partial charge in [0.25, 0.3) is 0 Å². The number of nitrogens with one attached hydrogen (secondary N) is 1. The molecule has 1 aliphatic rings. The lowest BCUT2D eigenvalue weighted by molar-refractivity contribution is -0.137. The maximum absolute atomic E-state index is 13.0. The fourth-order valence-electron chi connectivity index (χ4n) is 3.77. The second-order valence-electron chi connectivity index (χ2n) is 7.28. The van der Waals surface area contributed by atoms with Crippen molar-refractivity contribution in [2.75, 3.05) is 12.0 Å². The van der Waals surface area contributed by atoms with Crippen LogP contribution in [0.1, 0.15) is 37.4 Å². The molecule has 30 heavy (non-hydrogen) atoms. The Morgan fingerprint density at radius 2 is 2.00 bits per heavy atom. The maximum Gasteiger partial charge on any atom is 0.305 e. The minimum absolute atomic E-state index is 0.0251. The number of nitrogens with zero attached hydrogens (tertiary/aromatic N) is 1. The summed E-state index contributed by atoms with van der Waals surface area (Å²) in [7, 11) is -2.53. The first-order valence-electron chi connectivity index (χ1n) is 9.43. The number of rotatable bonds is 7. The Morgan fingerprint density at radius 1 is 1.27 bits per heavy atom. The molecule has 0 fully saturated rings. The van der Waals surface area contributed by atoms with E-state index in [1.54, 1.807) is 41.3 Å². The summed E-state index contributed by atoms with van der Waals surface area (Å²) in [5.41, 5.74) is 1.94. The first-order chi connectivity index (χ1) is 14.1. The van der Waals surface area contributed by atoms with Gasteiger partial charge in [-0.15, -0.1) is 0 Å². The number of carboxylic acids is 1. The number of aliphatic carboxylic acids is 1. The van der Waals surface area contributed by atoms with Gasteiger partial charge in [-0.05, 0) is 54.8 Å². The van der Waals surface area contributed by atoms with Crippen molar-refractivity contribution in [3.63, 3.8) is 0 Å². The molecule has 160 valence electrons. The van der Waals surface area contributed by atoms with E-state index in [1.165, 1.54) is 20.1 Å². The summed E-state index contributed by atoms with van der Waals surface area (Å²) in [5, 5.41) is 9.27. The first kappa shape index (κ1) is 21.8. The number of hydrogen-bond acceptors (Lipinski definition) is 5. The van der Waals surface area contributed by atoms with Crippen LogP contribution in [0.2, 0.25) is 0 Å². The van der Waals surface area contributed by atoms with E-state index in [9.17, 15) is 23.1 Å². The molecule has 0 aromatic heterocycles. The molecule has 0 radical (unpaired) electrons. The van der Waals surface area contributed by atoms with Crippen molar-refractivity contribution in [3.05, 3.63) is 53.6 Å². The zero-order chi connectivity index (χ0) is 22.1. The van der Waals surface area contributed by atoms with Crippen molar-refractivity contribution < 1.29 is 27.9 Å². The van der Waals surface area contributed by atoms with Crippen molar-refractivity contribution in [1.29, 1.82) is 0 Å². The van der Waals surface area contributed by atoms with Gasteiger partial charge in [0.15, 0.2) is 0 Å². The standard InChI is InChI=1S/C21H24N2O6S/c1-13-9-16-11-18(7-8-20(16)23(13)14(2)24)30(27,28)22-19(12-21(25)26)15-5-4-6-17(10-15)29-3/h4-8,10-11,13,19,22H,9,12H2,1-3H3,(H,25,26). The summed E-state index contributed by atoms with van der Waals surface area (Å²) in [4.78, 5) is 24.9. The number of anilines is 1. The monoisotopic (exact) mass is 432 g/mol. The minimum atomic E-state index is -4.01. The van der Waals surface area contributed by atoms with Gasteiger partial charge in [-0.2, -0.15) is 0 Å². The second kappa shape index (κ2) is 8.45. The second-order valence-corrected chi connectivity index (χ2v) is 9.00. The average molecular weight is 432 g/mol. The van der Waals surface area contributed by atoms with Crippen LogP contribution in [-0.4, -0.2) is 38.6 Å². The van der Waals surface area contributed by atoms with E-state index < -0.39 is 28.5 Å². The van der Waals surface area contributed by atoms with Crippen molar-refractivity contribution in [2.24, 2.45) is 0 Å². The van der Waals surface area contributed by atoms with Crippen LogP contribution in [0, 0.1) is 0 Å². The number of ether oxygens (including phenoxy) is 1. The summed E-state index contributed by atoms with van der Waals surface area (Å²) in [6.45, 7) is 3.38. The van der Waals surface area contributed by atoms with Crippen LogP contribution < -0.4 is 14.4 Å². The number of carbonyl (C=O) groups is 2. The molecule has 1 heterocycles. The van der Waals surface area contributed by atoms with Gasteiger partial charge in [-0.1, -0.05) is 12.1 Å². The molecule has 0 bridgehead atoms. The largest absolute Gasteiger partial charge is 0.497 e. The molecule has 2 atom stereocenters. The van der Waals surface area contributed by atoms with E-state index in [2.05, 4.69) is 4.72 Å². The van der Waals surface area contributed by atoms with Crippen LogP contribution in [-0.2, 0) is 26.0 Å². The molecule has 2 N–H and O–H groups in total. The Bertz CT molecular complexity index is 1080. The van der Waals surface area contributed by atoms with E-state index in [0.29, 0.717) is 23.4 Å². The number of hydrogen-bond donors (Lipinski definition) is 2. The molecule has 0 aliphatic carbocycles. The van der Waals surface area contributed by atoms with E-state index >= 15 is 0 Å². The average Bonchev–Trinajstić information content (AvgIpc) is 3.02. The smallest absolute Gasteiger partial charge is 0.305 e. The Morgan fingerprint density at radius 3 is 2.63 bits per heavy atom. The zero-order valence-corrected chi connectivity index (χ0v) is 17.8. The number of carbonyl (C=O) groups excluding carboxylic acids is 1. The molecular weight excluding hydrogens is 408 g/mol. The van der Waals surface area contributed by atoms with Crippen LogP contribution in [0.4, 0.5) is 5.69 Å². The highest BCUT2D eigenvalue weighted by Gasteiger charge is 2.31. The molecule has 2 aromatic rings. The number of fused-ring (bicyclic) bond motifs is 1. The van der Waals surface area contributed by atoms with Crippen LogP contribution in [0.25, 0.3) is 0 Å². The lowest BCUT2D eigenvalue weighted by Gasteiger charge is -2.21. The number of amides is 1. The van der Waals surface area contributed by atoms with E-state index in [4.69, 9.17) is 4.74 Å². The van der Waals surface area contributed by atoms with Crippen LogP contribution in [0.15, 0.2) is 47.4 Å². The molecule has 3 rings (SSSR count). The summed E-state index contributed by atoms with van der Waals surface area (Å²) < 4.78 is 33.7. The Balaban J connectivity index is 1.93. The van der Waals surface area contributed by atoms with Gasteiger partial charge < -0.3 is 14.7 Å². The fourth-order valence-corrected chi connectivity index (χ4v) is 5.04. The molecule has 1 amide bonds. The molecule has 0 spiro atoms. The maximum atomic E-state index is 13.0. The molecule has 1 aliphatic heterocycles. The third kappa shape index (κ3) is 4.47. The zero-order valence-electron chi connectivity index (χ0n) is 17.0. The van der Waals surface area contributed by atoms with Crippen molar-refractivity contribution in [2.45, 2.75) is 43.7 Å². The van der Waals surface area contributed by atoms with Gasteiger partial charge in [0, 0.05) is 18.7 Å². The van der Waals surface area contributed by atoms with Crippen molar-refractivity contribution in [1.82, 2.24) is 4.72 Å².